The smallest absolute Gasteiger partial charge is 0.404 e. The van der Waals surface area contributed by atoms with Crippen LogP contribution in [-0.4, -0.2) is 35.8 Å². The molecule has 2 heterocycles. The van der Waals surface area contributed by atoms with Crippen molar-refractivity contribution in [2.24, 2.45) is 5.92 Å². The van der Waals surface area contributed by atoms with Gasteiger partial charge in [-0.15, -0.1) is 0 Å². The molecule has 0 radical (unpaired) electrons. The van der Waals surface area contributed by atoms with Gasteiger partial charge in [0.1, 0.15) is 5.82 Å². The summed E-state index contributed by atoms with van der Waals surface area (Å²) in [7, 11) is 0. The highest BCUT2D eigenvalue weighted by Gasteiger charge is 2.20. The number of piperidine rings is 1. The Morgan fingerprint density at radius 3 is 2.58 bits per heavy atom. The van der Waals surface area contributed by atoms with Crippen LogP contribution in [0.3, 0.4) is 0 Å². The summed E-state index contributed by atoms with van der Waals surface area (Å²) in [5.41, 5.74) is 2.13. The number of carboxylic acid groups (broad SMARTS) is 1. The summed E-state index contributed by atoms with van der Waals surface area (Å²) in [6.45, 7) is 2.49. The fourth-order valence-corrected chi connectivity index (χ4v) is 3.20. The van der Waals surface area contributed by atoms with Crippen LogP contribution in [0.5, 0.6) is 0 Å². The van der Waals surface area contributed by atoms with Crippen LogP contribution in [0.15, 0.2) is 48.5 Å². The highest BCUT2D eigenvalue weighted by atomic mass is 16.4. The molecule has 2 N–H and O–H groups in total. The van der Waals surface area contributed by atoms with Gasteiger partial charge in [-0.2, -0.15) is 0 Å². The number of nitrogens with zero attached hydrogens (tertiary/aromatic N) is 2. The highest BCUT2D eigenvalue weighted by Crippen LogP contribution is 2.26. The Morgan fingerprint density at radius 2 is 1.88 bits per heavy atom. The molecule has 3 rings (SSSR count). The Kier molecular flexibility index (Phi) is 5.31. The normalized spacial score (nSPS) is 15.2. The Balaban J connectivity index is 1.58. The quantitative estimate of drug-likeness (QED) is 0.881. The molecule has 2 aromatic rings. The number of carbonyl (C=O) groups is 1. The topological polar surface area (TPSA) is 65.5 Å². The summed E-state index contributed by atoms with van der Waals surface area (Å²) < 4.78 is 0. The van der Waals surface area contributed by atoms with Gasteiger partial charge in [0.2, 0.25) is 0 Å². The van der Waals surface area contributed by atoms with Crippen LogP contribution < -0.4 is 10.2 Å². The number of anilines is 1. The number of pyridine rings is 1. The molecule has 1 aliphatic rings. The molecule has 0 saturated carbocycles. The summed E-state index contributed by atoms with van der Waals surface area (Å²) in [6.07, 6.45) is 2.14. The van der Waals surface area contributed by atoms with Crippen LogP contribution in [0.1, 0.15) is 19.3 Å². The van der Waals surface area contributed by atoms with Crippen LogP contribution in [0.25, 0.3) is 11.3 Å². The molecular weight excluding hydrogens is 302 g/mol. The number of rotatable bonds is 5. The minimum absolute atomic E-state index is 0.543. The maximum atomic E-state index is 10.5. The van der Waals surface area contributed by atoms with E-state index in [-0.39, 0.29) is 0 Å². The highest BCUT2D eigenvalue weighted by molar-refractivity contribution is 5.64. The number of aromatic nitrogens is 1. The zero-order valence-corrected chi connectivity index (χ0v) is 13.7. The molecule has 1 amide bonds. The summed E-state index contributed by atoms with van der Waals surface area (Å²) >= 11 is 0. The first-order valence-corrected chi connectivity index (χ1v) is 8.46. The van der Waals surface area contributed by atoms with Gasteiger partial charge in [-0.05, 0) is 37.3 Å². The van der Waals surface area contributed by atoms with Gasteiger partial charge in [0.15, 0.2) is 0 Å². The monoisotopic (exact) mass is 325 g/mol. The van der Waals surface area contributed by atoms with Crippen molar-refractivity contribution in [3.8, 4) is 11.3 Å². The third-order valence-electron chi connectivity index (χ3n) is 4.57. The van der Waals surface area contributed by atoms with Crippen LogP contribution >= 0.6 is 0 Å². The second kappa shape index (κ2) is 7.81. The lowest BCUT2D eigenvalue weighted by Crippen LogP contribution is -2.35. The van der Waals surface area contributed by atoms with Crippen LogP contribution in [0.2, 0.25) is 0 Å². The number of hydrogen-bond acceptors (Lipinski definition) is 3. The lowest BCUT2D eigenvalue weighted by Gasteiger charge is -2.33. The van der Waals surface area contributed by atoms with Crippen molar-refractivity contribution < 1.29 is 9.90 Å². The average Bonchev–Trinajstić information content (AvgIpc) is 2.63. The fourth-order valence-electron chi connectivity index (χ4n) is 3.20. The van der Waals surface area contributed by atoms with Gasteiger partial charge in [0, 0.05) is 25.2 Å². The van der Waals surface area contributed by atoms with E-state index in [1.54, 1.807) is 0 Å². The number of amides is 1. The second-order valence-electron chi connectivity index (χ2n) is 6.20. The average molecular weight is 325 g/mol. The fraction of sp³-hybridized carbons (Fsp3) is 0.368. The molecule has 1 saturated heterocycles. The zero-order chi connectivity index (χ0) is 16.8. The first-order chi connectivity index (χ1) is 11.7. The van der Waals surface area contributed by atoms with E-state index in [1.807, 2.05) is 24.3 Å². The molecule has 1 aliphatic heterocycles. The van der Waals surface area contributed by atoms with E-state index in [0.717, 1.165) is 49.4 Å². The van der Waals surface area contributed by atoms with Crippen LogP contribution in [0, 0.1) is 5.92 Å². The van der Waals surface area contributed by atoms with Crippen LogP contribution in [-0.2, 0) is 0 Å². The van der Waals surface area contributed by atoms with Gasteiger partial charge in [-0.1, -0.05) is 36.4 Å². The molecule has 0 aliphatic carbocycles. The summed E-state index contributed by atoms with van der Waals surface area (Å²) in [4.78, 5) is 17.6. The number of benzene rings is 1. The molecule has 5 heteroatoms. The first-order valence-electron chi connectivity index (χ1n) is 8.46. The summed E-state index contributed by atoms with van der Waals surface area (Å²) in [5, 5.41) is 11.1. The van der Waals surface area contributed by atoms with Crippen molar-refractivity contribution in [1.82, 2.24) is 10.3 Å². The van der Waals surface area contributed by atoms with Gasteiger partial charge in [0.05, 0.1) is 5.69 Å². The summed E-state index contributed by atoms with van der Waals surface area (Å²) in [6, 6.07) is 16.4. The van der Waals surface area contributed by atoms with E-state index >= 15 is 0 Å². The lowest BCUT2D eigenvalue weighted by molar-refractivity contribution is 0.193. The zero-order valence-electron chi connectivity index (χ0n) is 13.7. The third-order valence-corrected chi connectivity index (χ3v) is 4.57. The molecule has 0 unspecified atom stereocenters. The number of nitrogens with one attached hydrogen (secondary N) is 1. The molecular formula is C19H23N3O2. The van der Waals surface area contributed by atoms with Gasteiger partial charge in [-0.3, -0.25) is 0 Å². The van der Waals surface area contributed by atoms with E-state index in [4.69, 9.17) is 10.1 Å². The van der Waals surface area contributed by atoms with Crippen molar-refractivity contribution in [3.05, 3.63) is 48.5 Å². The van der Waals surface area contributed by atoms with E-state index < -0.39 is 6.09 Å². The minimum Gasteiger partial charge on any atom is -0.465 e. The lowest BCUT2D eigenvalue weighted by atomic mass is 9.93. The predicted octanol–water partition coefficient (Wildman–Crippen LogP) is 3.62. The van der Waals surface area contributed by atoms with E-state index in [9.17, 15) is 4.79 Å². The molecule has 5 nitrogen and oxygen atoms in total. The standard InChI is InChI=1S/C19H23N3O2/c23-19(24)20-12-9-15-10-13-22(14-11-15)18-8-4-7-17(21-18)16-5-2-1-3-6-16/h1-8,15,20H,9-14H2,(H,23,24). The second-order valence-corrected chi connectivity index (χ2v) is 6.20. The molecule has 1 fully saturated rings. The summed E-state index contributed by atoms with van der Waals surface area (Å²) in [5.74, 6) is 1.61. The van der Waals surface area contributed by atoms with Crippen molar-refractivity contribution in [1.29, 1.82) is 0 Å². The van der Waals surface area contributed by atoms with Crippen molar-refractivity contribution >= 4 is 11.9 Å². The molecule has 126 valence electrons. The van der Waals surface area contributed by atoms with Crippen molar-refractivity contribution in [2.75, 3.05) is 24.5 Å². The molecule has 1 aromatic carbocycles. The molecule has 0 atom stereocenters. The molecule has 24 heavy (non-hydrogen) atoms. The van der Waals surface area contributed by atoms with Crippen LogP contribution in [0.4, 0.5) is 10.6 Å². The van der Waals surface area contributed by atoms with Crippen molar-refractivity contribution in [2.45, 2.75) is 19.3 Å². The predicted molar refractivity (Wildman–Crippen MR) is 95.3 cm³/mol. The largest absolute Gasteiger partial charge is 0.465 e. The number of hydrogen-bond donors (Lipinski definition) is 2. The third kappa shape index (κ3) is 4.25. The Labute approximate surface area is 142 Å². The molecule has 0 bridgehead atoms. The molecule has 0 spiro atoms. The SMILES string of the molecule is O=C(O)NCCC1CCN(c2cccc(-c3ccccc3)n2)CC1. The van der Waals surface area contributed by atoms with Gasteiger partial charge >= 0.3 is 6.09 Å². The minimum atomic E-state index is -0.936. The van der Waals surface area contributed by atoms with E-state index in [2.05, 4.69) is 34.5 Å². The Hall–Kier alpha value is -2.56. The maximum absolute atomic E-state index is 10.5. The first kappa shape index (κ1) is 16.3. The van der Waals surface area contributed by atoms with Gasteiger partial charge in [0.25, 0.3) is 0 Å². The maximum Gasteiger partial charge on any atom is 0.404 e. The van der Waals surface area contributed by atoms with Gasteiger partial charge < -0.3 is 15.3 Å². The van der Waals surface area contributed by atoms with E-state index in [0.29, 0.717) is 12.5 Å². The van der Waals surface area contributed by atoms with Crippen molar-refractivity contribution in [3.63, 3.8) is 0 Å². The van der Waals surface area contributed by atoms with Gasteiger partial charge in [-0.25, -0.2) is 9.78 Å². The Bertz CT molecular complexity index is 667. The Morgan fingerprint density at radius 1 is 1.12 bits per heavy atom. The molecule has 1 aromatic heterocycles. The van der Waals surface area contributed by atoms with E-state index in [1.165, 1.54) is 0 Å².